The summed E-state index contributed by atoms with van der Waals surface area (Å²) in [5, 5.41) is 2.94. The van der Waals surface area contributed by atoms with Gasteiger partial charge in [0.1, 0.15) is 11.5 Å². The van der Waals surface area contributed by atoms with E-state index in [0.29, 0.717) is 12.3 Å². The zero-order chi connectivity index (χ0) is 22.1. The molecule has 0 spiro atoms. The van der Waals surface area contributed by atoms with Gasteiger partial charge in [0, 0.05) is 12.1 Å². The van der Waals surface area contributed by atoms with Crippen molar-refractivity contribution in [2.24, 2.45) is 0 Å². The Balaban J connectivity index is 1.96. The Kier molecular flexibility index (Phi) is 8.95. The van der Waals surface area contributed by atoms with E-state index in [1.54, 1.807) is 7.11 Å². The fourth-order valence-electron chi connectivity index (χ4n) is 2.76. The van der Waals surface area contributed by atoms with Crippen LogP contribution >= 0.6 is 11.6 Å². The Labute approximate surface area is 182 Å². The second-order valence-corrected chi connectivity index (χ2v) is 8.84. The van der Waals surface area contributed by atoms with Crippen molar-refractivity contribution in [1.82, 2.24) is 10.0 Å². The number of carbonyl (C=O) groups excluding carboxylic acids is 1. The van der Waals surface area contributed by atoms with E-state index in [1.165, 1.54) is 18.2 Å². The lowest BCUT2D eigenvalue weighted by atomic mass is 10.1. The third kappa shape index (κ3) is 6.62. The van der Waals surface area contributed by atoms with Gasteiger partial charge in [-0.05, 0) is 37.6 Å². The molecule has 30 heavy (non-hydrogen) atoms. The predicted octanol–water partition coefficient (Wildman–Crippen LogP) is 3.68. The molecule has 0 fully saturated rings. The lowest BCUT2D eigenvalue weighted by molar-refractivity contribution is -0.123. The lowest BCUT2D eigenvalue weighted by Crippen LogP contribution is -2.31. The molecule has 1 atom stereocenters. The highest BCUT2D eigenvalue weighted by atomic mass is 35.5. The summed E-state index contributed by atoms with van der Waals surface area (Å²) in [6.45, 7) is 3.91. The van der Waals surface area contributed by atoms with Gasteiger partial charge in [0.2, 0.25) is 10.0 Å². The standard InChI is InChI=1S/C21H27ClN2O5S/c1-4-5-12-23-30(26,27)16-10-11-20(18(22)13-16)29-14-21(25)24-15(2)17-8-6-7-9-19(17)28-3/h6-11,13,15,23H,4-5,12,14H2,1-3H3,(H,24,25)/t15-/m1/s1. The molecular formula is C21H27ClN2O5S. The molecule has 0 unspecified atom stereocenters. The van der Waals surface area contributed by atoms with Gasteiger partial charge in [-0.3, -0.25) is 4.79 Å². The highest BCUT2D eigenvalue weighted by Crippen LogP contribution is 2.28. The van der Waals surface area contributed by atoms with Crippen LogP contribution in [0.2, 0.25) is 5.02 Å². The van der Waals surface area contributed by atoms with Crippen molar-refractivity contribution >= 4 is 27.5 Å². The number of methoxy groups -OCH3 is 1. The molecule has 0 radical (unpaired) electrons. The van der Waals surface area contributed by atoms with Crippen molar-refractivity contribution in [3.8, 4) is 11.5 Å². The molecule has 0 bridgehead atoms. The molecule has 0 saturated carbocycles. The normalized spacial score (nSPS) is 12.3. The number of hydrogen-bond acceptors (Lipinski definition) is 5. The van der Waals surface area contributed by atoms with Crippen LogP contribution in [-0.4, -0.2) is 34.6 Å². The van der Waals surface area contributed by atoms with Gasteiger partial charge in [0.15, 0.2) is 6.61 Å². The van der Waals surface area contributed by atoms with E-state index in [-0.39, 0.29) is 34.2 Å². The maximum absolute atomic E-state index is 12.3. The Morgan fingerprint density at radius 2 is 1.90 bits per heavy atom. The van der Waals surface area contributed by atoms with Crippen LogP contribution in [0.4, 0.5) is 0 Å². The Bertz CT molecular complexity index is 966. The predicted molar refractivity (Wildman–Crippen MR) is 117 cm³/mol. The monoisotopic (exact) mass is 454 g/mol. The molecule has 2 rings (SSSR count). The number of benzene rings is 2. The van der Waals surface area contributed by atoms with Gasteiger partial charge in [0.05, 0.1) is 23.1 Å². The average molecular weight is 455 g/mol. The number of nitrogens with one attached hydrogen (secondary N) is 2. The van der Waals surface area contributed by atoms with E-state index >= 15 is 0 Å². The summed E-state index contributed by atoms with van der Waals surface area (Å²) in [5.74, 6) is 0.560. The van der Waals surface area contributed by atoms with Gasteiger partial charge in [0.25, 0.3) is 5.91 Å². The first-order valence-electron chi connectivity index (χ1n) is 9.62. The summed E-state index contributed by atoms with van der Waals surface area (Å²) in [7, 11) is -2.07. The molecule has 7 nitrogen and oxygen atoms in total. The van der Waals surface area contributed by atoms with E-state index in [0.717, 1.165) is 18.4 Å². The van der Waals surface area contributed by atoms with E-state index in [1.807, 2.05) is 38.1 Å². The van der Waals surface area contributed by atoms with Crippen LogP contribution in [0.15, 0.2) is 47.4 Å². The summed E-state index contributed by atoms with van der Waals surface area (Å²) >= 11 is 6.16. The average Bonchev–Trinajstić information content (AvgIpc) is 2.72. The molecule has 0 saturated heterocycles. The third-order valence-corrected chi connectivity index (χ3v) is 6.13. The van der Waals surface area contributed by atoms with Gasteiger partial charge in [-0.1, -0.05) is 43.1 Å². The Morgan fingerprint density at radius 3 is 2.57 bits per heavy atom. The van der Waals surface area contributed by atoms with Crippen LogP contribution in [0.1, 0.15) is 38.3 Å². The topological polar surface area (TPSA) is 93.7 Å². The van der Waals surface area contributed by atoms with Crippen LogP contribution in [0.5, 0.6) is 11.5 Å². The fourth-order valence-corrected chi connectivity index (χ4v) is 4.16. The van der Waals surface area contributed by atoms with Crippen molar-refractivity contribution in [2.45, 2.75) is 37.6 Å². The largest absolute Gasteiger partial charge is 0.496 e. The number of halogens is 1. The maximum Gasteiger partial charge on any atom is 0.258 e. The number of para-hydroxylation sites is 1. The van der Waals surface area contributed by atoms with Crippen molar-refractivity contribution < 1.29 is 22.7 Å². The zero-order valence-corrected chi connectivity index (χ0v) is 18.8. The van der Waals surface area contributed by atoms with E-state index in [9.17, 15) is 13.2 Å². The van der Waals surface area contributed by atoms with Gasteiger partial charge < -0.3 is 14.8 Å². The summed E-state index contributed by atoms with van der Waals surface area (Å²) in [5.41, 5.74) is 0.844. The third-order valence-electron chi connectivity index (χ3n) is 4.38. The molecule has 0 aliphatic carbocycles. The summed E-state index contributed by atoms with van der Waals surface area (Å²) < 4.78 is 37.8. The number of hydrogen-bond donors (Lipinski definition) is 2. The number of ether oxygens (including phenoxy) is 2. The van der Waals surface area contributed by atoms with E-state index < -0.39 is 10.0 Å². The van der Waals surface area contributed by atoms with Crippen LogP contribution in [0.3, 0.4) is 0 Å². The summed E-state index contributed by atoms with van der Waals surface area (Å²) in [6, 6.07) is 11.3. The van der Waals surface area contributed by atoms with Crippen LogP contribution in [0, 0.1) is 0 Å². The molecule has 0 aliphatic rings. The first-order valence-corrected chi connectivity index (χ1v) is 11.5. The van der Waals surface area contributed by atoms with Gasteiger partial charge in [-0.2, -0.15) is 0 Å². The number of sulfonamides is 1. The van der Waals surface area contributed by atoms with Crippen molar-refractivity contribution in [1.29, 1.82) is 0 Å². The van der Waals surface area contributed by atoms with Crippen molar-refractivity contribution in [3.63, 3.8) is 0 Å². The summed E-state index contributed by atoms with van der Waals surface area (Å²) in [6.07, 6.45) is 1.63. The molecule has 164 valence electrons. The van der Waals surface area contributed by atoms with Crippen LogP contribution in [-0.2, 0) is 14.8 Å². The molecule has 0 aromatic heterocycles. The molecule has 0 heterocycles. The minimum absolute atomic E-state index is 0.0465. The Morgan fingerprint density at radius 1 is 1.17 bits per heavy atom. The molecule has 0 aliphatic heterocycles. The second kappa shape index (κ2) is 11.2. The molecule has 2 aromatic carbocycles. The highest BCUT2D eigenvalue weighted by molar-refractivity contribution is 7.89. The number of rotatable bonds is 11. The number of carbonyl (C=O) groups is 1. The first kappa shape index (κ1) is 24.0. The molecule has 9 heteroatoms. The number of amides is 1. The zero-order valence-electron chi connectivity index (χ0n) is 17.3. The molecular weight excluding hydrogens is 428 g/mol. The summed E-state index contributed by atoms with van der Waals surface area (Å²) in [4.78, 5) is 12.3. The van der Waals surface area contributed by atoms with E-state index in [4.69, 9.17) is 21.1 Å². The fraction of sp³-hybridized carbons (Fsp3) is 0.381. The van der Waals surface area contributed by atoms with Gasteiger partial charge >= 0.3 is 0 Å². The number of unbranched alkanes of at least 4 members (excludes halogenated alkanes) is 1. The molecule has 2 N–H and O–H groups in total. The lowest BCUT2D eigenvalue weighted by Gasteiger charge is -2.17. The minimum atomic E-state index is -3.64. The second-order valence-electron chi connectivity index (χ2n) is 6.66. The van der Waals surface area contributed by atoms with Crippen LogP contribution in [0.25, 0.3) is 0 Å². The van der Waals surface area contributed by atoms with Crippen molar-refractivity contribution in [2.75, 3.05) is 20.3 Å². The quantitative estimate of drug-likeness (QED) is 0.505. The molecule has 1 amide bonds. The minimum Gasteiger partial charge on any atom is -0.496 e. The first-order chi connectivity index (χ1) is 14.3. The SMILES string of the molecule is CCCCNS(=O)(=O)c1ccc(OCC(=O)N[C@H](C)c2ccccc2OC)c(Cl)c1. The van der Waals surface area contributed by atoms with Crippen molar-refractivity contribution in [3.05, 3.63) is 53.1 Å². The van der Waals surface area contributed by atoms with Gasteiger partial charge in [-0.15, -0.1) is 0 Å². The van der Waals surface area contributed by atoms with E-state index in [2.05, 4.69) is 10.0 Å². The smallest absolute Gasteiger partial charge is 0.258 e. The van der Waals surface area contributed by atoms with Gasteiger partial charge in [-0.25, -0.2) is 13.1 Å². The molecule has 2 aromatic rings. The Hall–Kier alpha value is -2.29. The maximum atomic E-state index is 12.3. The highest BCUT2D eigenvalue weighted by Gasteiger charge is 2.17. The van der Waals surface area contributed by atoms with Crippen LogP contribution < -0.4 is 19.5 Å².